The number of likely N-dealkylation sites (tertiary alicyclic amines) is 1. The molecule has 1 saturated heterocycles. The Hall–Kier alpha value is -0.0300. The number of esters is 1. The minimum atomic E-state index is -0.119. The molecule has 1 aliphatic heterocycles. The highest BCUT2D eigenvalue weighted by Gasteiger charge is 2.18. The van der Waals surface area contributed by atoms with E-state index >= 15 is 0 Å². The third-order valence-electron chi connectivity index (χ3n) is 2.90. The van der Waals surface area contributed by atoms with E-state index in [-0.39, 0.29) is 30.8 Å². The number of methoxy groups -OCH3 is 1. The van der Waals surface area contributed by atoms with Crippen LogP contribution in [0.2, 0.25) is 0 Å². The van der Waals surface area contributed by atoms with Gasteiger partial charge in [0.2, 0.25) is 0 Å². The Morgan fingerprint density at radius 1 is 1.38 bits per heavy atom. The minimum absolute atomic E-state index is 0. The molecule has 2 N–H and O–H groups in total. The molecule has 6 heteroatoms. The first-order chi connectivity index (χ1) is 6.76. The van der Waals surface area contributed by atoms with Gasteiger partial charge in [-0.2, -0.15) is 0 Å². The standard InChI is InChI=1S/C10H20N2O2.2ClH/c1-14-10(13)4-7-12-5-2-9(8-11)3-6-12;;/h9H,2-8,11H2,1H3;2*1H. The third-order valence-corrected chi connectivity index (χ3v) is 2.90. The highest BCUT2D eigenvalue weighted by atomic mass is 35.5. The van der Waals surface area contributed by atoms with Gasteiger partial charge in [0.1, 0.15) is 0 Å². The molecule has 16 heavy (non-hydrogen) atoms. The number of nitrogens with two attached hydrogens (primary N) is 1. The summed E-state index contributed by atoms with van der Waals surface area (Å²) in [6, 6.07) is 0. The van der Waals surface area contributed by atoms with Gasteiger partial charge in [0.05, 0.1) is 13.5 Å². The lowest BCUT2D eigenvalue weighted by molar-refractivity contribution is -0.141. The maximum absolute atomic E-state index is 10.9. The first-order valence-electron chi connectivity index (χ1n) is 5.25. The van der Waals surface area contributed by atoms with Crippen LogP contribution < -0.4 is 5.73 Å². The fourth-order valence-electron chi connectivity index (χ4n) is 1.80. The Bertz CT molecular complexity index is 186. The molecule has 0 spiro atoms. The van der Waals surface area contributed by atoms with Crippen molar-refractivity contribution >= 4 is 30.8 Å². The molecule has 0 atom stereocenters. The number of hydrogen-bond donors (Lipinski definition) is 1. The monoisotopic (exact) mass is 272 g/mol. The largest absolute Gasteiger partial charge is 0.469 e. The van der Waals surface area contributed by atoms with Gasteiger partial charge in [-0.1, -0.05) is 0 Å². The number of carbonyl (C=O) groups excluding carboxylic acids is 1. The van der Waals surface area contributed by atoms with Crippen LogP contribution in [0, 0.1) is 5.92 Å². The van der Waals surface area contributed by atoms with Crippen molar-refractivity contribution in [2.75, 3.05) is 33.3 Å². The van der Waals surface area contributed by atoms with Gasteiger partial charge in [-0.15, -0.1) is 24.8 Å². The Kier molecular flexibility index (Phi) is 11.6. The molecule has 98 valence electrons. The van der Waals surface area contributed by atoms with E-state index in [0.29, 0.717) is 12.3 Å². The van der Waals surface area contributed by atoms with Gasteiger partial charge >= 0.3 is 5.97 Å². The molecule has 1 rings (SSSR count). The highest BCUT2D eigenvalue weighted by molar-refractivity contribution is 5.85. The zero-order chi connectivity index (χ0) is 10.4. The molecule has 1 aliphatic rings. The third kappa shape index (κ3) is 6.53. The number of rotatable bonds is 4. The fraction of sp³-hybridized carbons (Fsp3) is 0.900. The van der Waals surface area contributed by atoms with Gasteiger partial charge in [-0.3, -0.25) is 4.79 Å². The van der Waals surface area contributed by atoms with Crippen molar-refractivity contribution in [3.63, 3.8) is 0 Å². The maximum atomic E-state index is 10.9. The van der Waals surface area contributed by atoms with E-state index in [9.17, 15) is 4.79 Å². The predicted molar refractivity (Wildman–Crippen MR) is 69.3 cm³/mol. The second-order valence-corrected chi connectivity index (χ2v) is 3.85. The average molecular weight is 273 g/mol. The van der Waals surface area contributed by atoms with Gasteiger partial charge in [0, 0.05) is 6.54 Å². The van der Waals surface area contributed by atoms with E-state index in [1.165, 1.54) is 7.11 Å². The lowest BCUT2D eigenvalue weighted by Gasteiger charge is -2.30. The highest BCUT2D eigenvalue weighted by Crippen LogP contribution is 2.15. The first kappa shape index (κ1) is 18.3. The number of ether oxygens (including phenoxy) is 1. The SMILES string of the molecule is COC(=O)CCN1CCC(CN)CC1.Cl.Cl. The summed E-state index contributed by atoms with van der Waals surface area (Å²) < 4.78 is 4.60. The Balaban J connectivity index is 0. The number of carbonyl (C=O) groups is 1. The van der Waals surface area contributed by atoms with Crippen LogP contribution in [-0.4, -0.2) is 44.2 Å². The number of hydrogen-bond acceptors (Lipinski definition) is 4. The van der Waals surface area contributed by atoms with Crippen LogP contribution in [0.25, 0.3) is 0 Å². The summed E-state index contributed by atoms with van der Waals surface area (Å²) in [6.45, 7) is 3.76. The summed E-state index contributed by atoms with van der Waals surface area (Å²) in [4.78, 5) is 13.2. The van der Waals surface area contributed by atoms with Crippen LogP contribution in [0.5, 0.6) is 0 Å². The molecule has 0 aromatic heterocycles. The molecule has 0 aromatic rings. The van der Waals surface area contributed by atoms with E-state index in [0.717, 1.165) is 39.0 Å². The normalized spacial score (nSPS) is 17.1. The van der Waals surface area contributed by atoms with Gasteiger partial charge in [-0.05, 0) is 38.4 Å². The van der Waals surface area contributed by atoms with Crippen molar-refractivity contribution in [3.05, 3.63) is 0 Å². The molecule has 0 aromatic carbocycles. The topological polar surface area (TPSA) is 55.6 Å². The molecule has 1 heterocycles. The summed E-state index contributed by atoms with van der Waals surface area (Å²) in [5.74, 6) is 0.565. The van der Waals surface area contributed by atoms with Crippen molar-refractivity contribution in [1.82, 2.24) is 4.90 Å². The molecule has 4 nitrogen and oxygen atoms in total. The lowest BCUT2D eigenvalue weighted by atomic mass is 9.97. The van der Waals surface area contributed by atoms with Crippen molar-refractivity contribution in [1.29, 1.82) is 0 Å². The smallest absolute Gasteiger partial charge is 0.306 e. The molecule has 1 fully saturated rings. The predicted octanol–water partition coefficient (Wildman–Crippen LogP) is 1.06. The van der Waals surface area contributed by atoms with Gasteiger partial charge < -0.3 is 15.4 Å². The van der Waals surface area contributed by atoms with Gasteiger partial charge in [-0.25, -0.2) is 0 Å². The summed E-state index contributed by atoms with van der Waals surface area (Å²) in [5.41, 5.74) is 5.60. The van der Waals surface area contributed by atoms with Crippen molar-refractivity contribution < 1.29 is 9.53 Å². The minimum Gasteiger partial charge on any atom is -0.469 e. The van der Waals surface area contributed by atoms with E-state index in [4.69, 9.17) is 5.73 Å². The van der Waals surface area contributed by atoms with Crippen LogP contribution in [0.4, 0.5) is 0 Å². The number of halogens is 2. The van der Waals surface area contributed by atoms with E-state index in [1.807, 2.05) is 0 Å². The van der Waals surface area contributed by atoms with Crippen LogP contribution in [-0.2, 0) is 9.53 Å². The van der Waals surface area contributed by atoms with Crippen LogP contribution in [0.15, 0.2) is 0 Å². The number of piperidine rings is 1. The van der Waals surface area contributed by atoms with Crippen molar-refractivity contribution in [2.24, 2.45) is 11.7 Å². The quantitative estimate of drug-likeness (QED) is 0.778. The Labute approximate surface area is 110 Å². The summed E-state index contributed by atoms with van der Waals surface area (Å²) in [7, 11) is 1.43. The zero-order valence-corrected chi connectivity index (χ0v) is 11.3. The lowest BCUT2D eigenvalue weighted by Crippen LogP contribution is -2.37. The van der Waals surface area contributed by atoms with Crippen molar-refractivity contribution in [2.45, 2.75) is 19.3 Å². The number of nitrogens with zero attached hydrogens (tertiary/aromatic N) is 1. The first-order valence-corrected chi connectivity index (χ1v) is 5.25. The molecule has 0 amide bonds. The second kappa shape index (κ2) is 10.1. The molecule has 0 bridgehead atoms. The fourth-order valence-corrected chi connectivity index (χ4v) is 1.80. The van der Waals surface area contributed by atoms with E-state index in [2.05, 4.69) is 9.64 Å². The van der Waals surface area contributed by atoms with Gasteiger partial charge in [0.25, 0.3) is 0 Å². The Morgan fingerprint density at radius 3 is 2.38 bits per heavy atom. The van der Waals surface area contributed by atoms with Crippen LogP contribution in [0.3, 0.4) is 0 Å². The summed E-state index contributed by atoms with van der Waals surface area (Å²) >= 11 is 0. The van der Waals surface area contributed by atoms with Crippen LogP contribution >= 0.6 is 24.8 Å². The van der Waals surface area contributed by atoms with Gasteiger partial charge in [0.15, 0.2) is 0 Å². The van der Waals surface area contributed by atoms with E-state index in [1.54, 1.807) is 0 Å². The summed E-state index contributed by atoms with van der Waals surface area (Å²) in [5, 5.41) is 0. The molecule has 0 aliphatic carbocycles. The molecular weight excluding hydrogens is 251 g/mol. The summed E-state index contributed by atoms with van der Waals surface area (Å²) in [6.07, 6.45) is 2.83. The van der Waals surface area contributed by atoms with Crippen molar-refractivity contribution in [3.8, 4) is 0 Å². The zero-order valence-electron chi connectivity index (χ0n) is 9.68. The van der Waals surface area contributed by atoms with Crippen LogP contribution in [0.1, 0.15) is 19.3 Å². The second-order valence-electron chi connectivity index (χ2n) is 3.85. The molecule has 0 saturated carbocycles. The molecular formula is C10H22Cl2N2O2. The molecule has 0 unspecified atom stereocenters. The Morgan fingerprint density at radius 2 is 1.94 bits per heavy atom. The average Bonchev–Trinajstić information content (AvgIpc) is 2.26. The molecule has 0 radical (unpaired) electrons. The maximum Gasteiger partial charge on any atom is 0.306 e. The van der Waals surface area contributed by atoms with E-state index < -0.39 is 0 Å².